The number of hydrogen-bond acceptors (Lipinski definition) is 3. The van der Waals surface area contributed by atoms with Crippen molar-refractivity contribution < 1.29 is 13.6 Å². The van der Waals surface area contributed by atoms with Crippen LogP contribution in [0.4, 0.5) is 14.5 Å². The van der Waals surface area contributed by atoms with Crippen molar-refractivity contribution in [2.75, 3.05) is 5.32 Å². The third kappa shape index (κ3) is 4.47. The number of hydrogen-bond donors (Lipinski definition) is 2. The van der Waals surface area contributed by atoms with Crippen molar-refractivity contribution in [3.63, 3.8) is 0 Å². The molecule has 104 valence electrons. The first kappa shape index (κ1) is 14.3. The van der Waals surface area contributed by atoms with Gasteiger partial charge in [-0.3, -0.25) is 4.79 Å². The van der Waals surface area contributed by atoms with E-state index in [1.165, 1.54) is 0 Å². The van der Waals surface area contributed by atoms with Crippen LogP contribution in [0.5, 0.6) is 0 Å². The van der Waals surface area contributed by atoms with E-state index < -0.39 is 5.76 Å². The second-order valence-corrected chi connectivity index (χ2v) is 5.66. The Morgan fingerprint density at radius 1 is 1.42 bits per heavy atom. The van der Waals surface area contributed by atoms with Gasteiger partial charge in [-0.2, -0.15) is 8.78 Å². The Bertz CT molecular complexity index is 452. The molecule has 1 aromatic carbocycles. The molecule has 6 heteroatoms. The molecule has 0 saturated heterocycles. The molecule has 2 rings (SSSR count). The van der Waals surface area contributed by atoms with Gasteiger partial charge in [-0.05, 0) is 30.9 Å². The predicted molar refractivity (Wildman–Crippen MR) is 72.2 cm³/mol. The Morgan fingerprint density at radius 2 is 2.11 bits per heavy atom. The number of benzene rings is 1. The van der Waals surface area contributed by atoms with Crippen LogP contribution in [0.15, 0.2) is 29.2 Å². The van der Waals surface area contributed by atoms with Crippen molar-refractivity contribution in [2.45, 2.75) is 36.0 Å². The molecule has 0 spiro atoms. The van der Waals surface area contributed by atoms with E-state index in [-0.39, 0.29) is 18.4 Å². The number of carbonyl (C=O) groups excluding carboxylic acids is 1. The molecule has 1 atom stereocenters. The SMILES string of the molecule is NC(CC(=O)Nc1ccccc1SC(F)F)C1CC1. The summed E-state index contributed by atoms with van der Waals surface area (Å²) in [5.41, 5.74) is 6.28. The number of amides is 1. The van der Waals surface area contributed by atoms with E-state index >= 15 is 0 Å². The Kier molecular flexibility index (Phi) is 4.76. The van der Waals surface area contributed by atoms with Gasteiger partial charge in [0.25, 0.3) is 5.76 Å². The van der Waals surface area contributed by atoms with Crippen molar-refractivity contribution in [1.82, 2.24) is 0 Å². The first-order chi connectivity index (χ1) is 9.06. The molecule has 1 aromatic rings. The number of nitrogens with one attached hydrogen (secondary N) is 1. The molecule has 1 unspecified atom stereocenters. The van der Waals surface area contributed by atoms with Crippen LogP contribution in [-0.2, 0) is 4.79 Å². The topological polar surface area (TPSA) is 55.1 Å². The fourth-order valence-corrected chi connectivity index (χ4v) is 2.47. The lowest BCUT2D eigenvalue weighted by Gasteiger charge is -2.13. The molecule has 1 saturated carbocycles. The van der Waals surface area contributed by atoms with Crippen LogP contribution >= 0.6 is 11.8 Å². The zero-order valence-corrected chi connectivity index (χ0v) is 11.1. The second kappa shape index (κ2) is 6.34. The van der Waals surface area contributed by atoms with Crippen molar-refractivity contribution >= 4 is 23.4 Å². The minimum atomic E-state index is -2.51. The van der Waals surface area contributed by atoms with E-state index in [1.807, 2.05) is 0 Å². The van der Waals surface area contributed by atoms with Gasteiger partial charge < -0.3 is 11.1 Å². The van der Waals surface area contributed by atoms with E-state index in [1.54, 1.807) is 24.3 Å². The van der Waals surface area contributed by atoms with Crippen LogP contribution < -0.4 is 11.1 Å². The summed E-state index contributed by atoms with van der Waals surface area (Å²) in [6, 6.07) is 6.41. The molecule has 3 nitrogen and oxygen atoms in total. The average Bonchev–Trinajstić information content (AvgIpc) is 3.14. The highest BCUT2D eigenvalue weighted by atomic mass is 32.2. The number of rotatable bonds is 6. The maximum atomic E-state index is 12.4. The predicted octanol–water partition coefficient (Wildman–Crippen LogP) is 3.07. The molecule has 19 heavy (non-hydrogen) atoms. The largest absolute Gasteiger partial charge is 0.327 e. The molecule has 0 heterocycles. The minimum Gasteiger partial charge on any atom is -0.327 e. The summed E-state index contributed by atoms with van der Waals surface area (Å²) >= 11 is 0.425. The molecule has 1 fully saturated rings. The van der Waals surface area contributed by atoms with E-state index in [9.17, 15) is 13.6 Å². The molecular formula is C13H16F2N2OS. The summed E-state index contributed by atoms with van der Waals surface area (Å²) in [4.78, 5) is 12.2. The standard InChI is InChI=1S/C13H16F2N2OS/c14-13(15)19-11-4-2-1-3-10(11)17-12(18)7-9(16)8-5-6-8/h1-4,8-9,13H,5-7,16H2,(H,17,18). The molecule has 0 radical (unpaired) electrons. The Morgan fingerprint density at radius 3 is 2.74 bits per heavy atom. The highest BCUT2D eigenvalue weighted by molar-refractivity contribution is 7.99. The van der Waals surface area contributed by atoms with Gasteiger partial charge in [0.1, 0.15) is 0 Å². The molecule has 3 N–H and O–H groups in total. The lowest BCUT2D eigenvalue weighted by Crippen LogP contribution is -2.28. The maximum absolute atomic E-state index is 12.4. The summed E-state index contributed by atoms with van der Waals surface area (Å²) in [5, 5.41) is 2.66. The van der Waals surface area contributed by atoms with E-state index in [4.69, 9.17) is 5.73 Å². The normalized spacial score (nSPS) is 16.4. The number of alkyl halides is 2. The van der Waals surface area contributed by atoms with Gasteiger partial charge in [0, 0.05) is 17.4 Å². The number of nitrogens with two attached hydrogens (primary N) is 1. The molecular weight excluding hydrogens is 270 g/mol. The number of halogens is 2. The molecule has 1 amide bonds. The molecule has 0 bridgehead atoms. The number of thioether (sulfide) groups is 1. The van der Waals surface area contributed by atoms with Gasteiger partial charge in [-0.1, -0.05) is 23.9 Å². The molecule has 1 aliphatic carbocycles. The lowest BCUT2D eigenvalue weighted by atomic mass is 10.1. The van der Waals surface area contributed by atoms with Crippen LogP contribution in [0.2, 0.25) is 0 Å². The van der Waals surface area contributed by atoms with Crippen molar-refractivity contribution in [2.24, 2.45) is 11.7 Å². The van der Waals surface area contributed by atoms with Gasteiger partial charge in [0.05, 0.1) is 5.69 Å². The van der Waals surface area contributed by atoms with Crippen LogP contribution in [0.3, 0.4) is 0 Å². The Balaban J connectivity index is 1.95. The number of anilines is 1. The zero-order chi connectivity index (χ0) is 13.8. The third-order valence-corrected chi connectivity index (χ3v) is 3.81. The third-order valence-electron chi connectivity index (χ3n) is 3.03. The van der Waals surface area contributed by atoms with E-state index in [0.29, 0.717) is 28.3 Å². The maximum Gasteiger partial charge on any atom is 0.288 e. The Hall–Kier alpha value is -1.14. The van der Waals surface area contributed by atoms with Gasteiger partial charge in [0.2, 0.25) is 5.91 Å². The summed E-state index contributed by atoms with van der Waals surface area (Å²) in [6.07, 6.45) is 2.39. The van der Waals surface area contributed by atoms with Gasteiger partial charge >= 0.3 is 0 Å². The highest BCUT2D eigenvalue weighted by Crippen LogP contribution is 2.34. The monoisotopic (exact) mass is 286 g/mol. The summed E-state index contributed by atoms with van der Waals surface area (Å²) in [7, 11) is 0. The fraction of sp³-hybridized carbons (Fsp3) is 0.462. The quantitative estimate of drug-likeness (QED) is 0.790. The average molecular weight is 286 g/mol. The number of para-hydroxylation sites is 1. The molecule has 1 aliphatic rings. The van der Waals surface area contributed by atoms with Gasteiger partial charge in [0.15, 0.2) is 0 Å². The summed E-state index contributed by atoms with van der Waals surface area (Å²) in [6.45, 7) is 0. The minimum absolute atomic E-state index is 0.130. The van der Waals surface area contributed by atoms with Crippen molar-refractivity contribution in [1.29, 1.82) is 0 Å². The smallest absolute Gasteiger partial charge is 0.288 e. The van der Waals surface area contributed by atoms with Crippen LogP contribution in [-0.4, -0.2) is 17.7 Å². The first-order valence-corrected chi connectivity index (χ1v) is 7.03. The fourth-order valence-electron chi connectivity index (χ4n) is 1.88. The van der Waals surface area contributed by atoms with E-state index in [2.05, 4.69) is 5.32 Å². The van der Waals surface area contributed by atoms with Gasteiger partial charge in [-0.15, -0.1) is 0 Å². The lowest BCUT2D eigenvalue weighted by molar-refractivity contribution is -0.116. The Labute approximate surface area is 114 Å². The first-order valence-electron chi connectivity index (χ1n) is 6.15. The van der Waals surface area contributed by atoms with E-state index in [0.717, 1.165) is 12.8 Å². The van der Waals surface area contributed by atoms with Crippen LogP contribution in [0, 0.1) is 5.92 Å². The molecule has 0 aliphatic heterocycles. The van der Waals surface area contributed by atoms with Gasteiger partial charge in [-0.25, -0.2) is 0 Å². The molecule has 0 aromatic heterocycles. The number of carbonyl (C=O) groups is 1. The second-order valence-electron chi connectivity index (χ2n) is 4.63. The van der Waals surface area contributed by atoms with Crippen LogP contribution in [0.1, 0.15) is 19.3 Å². The van der Waals surface area contributed by atoms with Crippen LogP contribution in [0.25, 0.3) is 0 Å². The highest BCUT2D eigenvalue weighted by Gasteiger charge is 2.29. The van der Waals surface area contributed by atoms with Crippen molar-refractivity contribution in [3.05, 3.63) is 24.3 Å². The zero-order valence-electron chi connectivity index (χ0n) is 10.3. The summed E-state index contributed by atoms with van der Waals surface area (Å²) in [5.74, 6) is -2.29. The van der Waals surface area contributed by atoms with Crippen molar-refractivity contribution in [3.8, 4) is 0 Å². The summed E-state index contributed by atoms with van der Waals surface area (Å²) < 4.78 is 24.8.